The molecule has 0 aliphatic carbocycles. The van der Waals surface area contributed by atoms with Gasteiger partial charge in [0, 0.05) is 5.56 Å². The van der Waals surface area contributed by atoms with Crippen LogP contribution in [0.25, 0.3) is 10.2 Å². The van der Waals surface area contributed by atoms with Crippen LogP contribution in [0.2, 0.25) is 0 Å². The van der Waals surface area contributed by atoms with Crippen molar-refractivity contribution in [3.63, 3.8) is 0 Å². The summed E-state index contributed by atoms with van der Waals surface area (Å²) in [7, 11) is -3.85. The topological polar surface area (TPSA) is 156 Å². The molecule has 1 atom stereocenters. The van der Waals surface area contributed by atoms with Gasteiger partial charge in [-0.1, -0.05) is 36.4 Å². The van der Waals surface area contributed by atoms with Crippen molar-refractivity contribution in [2.24, 2.45) is 5.73 Å². The monoisotopic (exact) mass is 595 g/mol. The van der Waals surface area contributed by atoms with Gasteiger partial charge in [-0.25, -0.2) is 22.9 Å². The summed E-state index contributed by atoms with van der Waals surface area (Å²) < 4.78 is 41.2. The van der Waals surface area contributed by atoms with Crippen LogP contribution in [-0.4, -0.2) is 44.1 Å². The molecule has 0 aliphatic heterocycles. The first kappa shape index (κ1) is 30.0. The highest BCUT2D eigenvalue weighted by molar-refractivity contribution is 7.89. The summed E-state index contributed by atoms with van der Waals surface area (Å²) >= 11 is 1.36. The molecule has 10 nitrogen and oxygen atoms in total. The lowest BCUT2D eigenvalue weighted by molar-refractivity contribution is 0.0520. The van der Waals surface area contributed by atoms with Crippen LogP contribution in [0, 0.1) is 5.41 Å². The Morgan fingerprint density at radius 3 is 2.54 bits per heavy atom. The van der Waals surface area contributed by atoms with Crippen LogP contribution in [0.3, 0.4) is 0 Å². The van der Waals surface area contributed by atoms with Crippen molar-refractivity contribution < 1.29 is 22.7 Å². The van der Waals surface area contributed by atoms with Crippen LogP contribution in [0.4, 0.5) is 4.79 Å². The van der Waals surface area contributed by atoms with Crippen molar-refractivity contribution in [2.45, 2.75) is 43.7 Å². The molecule has 0 radical (unpaired) electrons. The van der Waals surface area contributed by atoms with E-state index in [0.29, 0.717) is 28.3 Å². The van der Waals surface area contributed by atoms with Crippen LogP contribution < -0.4 is 20.5 Å². The first-order chi connectivity index (χ1) is 19.4. The van der Waals surface area contributed by atoms with Crippen molar-refractivity contribution in [3.05, 3.63) is 88.9 Å². The number of sulfonamides is 1. The highest BCUT2D eigenvalue weighted by atomic mass is 32.2. The maximum absolute atomic E-state index is 13.3. The summed E-state index contributed by atoms with van der Waals surface area (Å²) in [6.45, 7) is 5.89. The number of nitrogens with two attached hydrogens (primary N) is 1. The number of hydrogen-bond acceptors (Lipinski definition) is 8. The lowest BCUT2D eigenvalue weighted by Crippen LogP contribution is -2.34. The number of amides is 1. The molecule has 4 rings (SSSR count). The number of carbonyl (C=O) groups excluding carboxylic acids is 1. The second-order valence-electron chi connectivity index (χ2n) is 10.3. The van der Waals surface area contributed by atoms with Gasteiger partial charge in [-0.3, -0.25) is 5.41 Å². The van der Waals surface area contributed by atoms with Gasteiger partial charge in [0.1, 0.15) is 28.8 Å². The zero-order chi connectivity index (χ0) is 29.6. The van der Waals surface area contributed by atoms with E-state index in [2.05, 4.69) is 10.0 Å². The van der Waals surface area contributed by atoms with Crippen molar-refractivity contribution in [1.29, 1.82) is 5.41 Å². The molecule has 0 bridgehead atoms. The number of nitrogen functional groups attached to an aromatic ring is 1. The van der Waals surface area contributed by atoms with E-state index in [-0.39, 0.29) is 23.9 Å². The summed E-state index contributed by atoms with van der Waals surface area (Å²) in [4.78, 5) is 16.7. The Kier molecular flexibility index (Phi) is 9.26. The quantitative estimate of drug-likeness (QED) is 0.111. The number of hydrogen-bond donors (Lipinski definition) is 4. The molecule has 0 fully saturated rings. The number of carbonyl (C=O) groups is 1. The van der Waals surface area contributed by atoms with Crippen LogP contribution in [0.15, 0.2) is 77.7 Å². The van der Waals surface area contributed by atoms with Gasteiger partial charge in [-0.15, -0.1) is 11.3 Å². The maximum Gasteiger partial charge on any atom is 0.407 e. The van der Waals surface area contributed by atoms with Gasteiger partial charge in [-0.05, 0) is 69.2 Å². The molecule has 3 aromatic carbocycles. The molecule has 12 heteroatoms. The summed E-state index contributed by atoms with van der Waals surface area (Å²) in [5, 5.41) is 11.0. The number of thiazole rings is 1. The van der Waals surface area contributed by atoms with Gasteiger partial charge in [0.05, 0.1) is 27.7 Å². The first-order valence-corrected chi connectivity index (χ1v) is 15.2. The van der Waals surface area contributed by atoms with E-state index in [0.717, 1.165) is 10.3 Å². The number of alkyl carbamates (subject to hydrolysis) is 1. The molecule has 0 aliphatic rings. The van der Waals surface area contributed by atoms with E-state index in [1.165, 1.54) is 23.5 Å². The lowest BCUT2D eigenvalue weighted by Gasteiger charge is -2.19. The van der Waals surface area contributed by atoms with E-state index < -0.39 is 27.8 Å². The second-order valence-corrected chi connectivity index (χ2v) is 13.0. The molecule has 1 unspecified atom stereocenters. The smallest absolute Gasteiger partial charge is 0.407 e. The average Bonchev–Trinajstić information content (AvgIpc) is 3.34. The number of aromatic nitrogens is 1. The van der Waals surface area contributed by atoms with Gasteiger partial charge in [0.2, 0.25) is 10.0 Å². The van der Waals surface area contributed by atoms with Crippen LogP contribution in [0.5, 0.6) is 5.75 Å². The zero-order valence-electron chi connectivity index (χ0n) is 23.0. The van der Waals surface area contributed by atoms with E-state index in [1.807, 2.05) is 18.2 Å². The Labute approximate surface area is 243 Å². The van der Waals surface area contributed by atoms with Crippen molar-refractivity contribution in [3.8, 4) is 5.75 Å². The highest BCUT2D eigenvalue weighted by Gasteiger charge is 2.25. The van der Waals surface area contributed by atoms with Gasteiger partial charge in [0.25, 0.3) is 0 Å². The van der Waals surface area contributed by atoms with Crippen LogP contribution in [-0.2, 0) is 21.2 Å². The number of nitrogens with one attached hydrogen (secondary N) is 3. The molecule has 1 aromatic heterocycles. The van der Waals surface area contributed by atoms with Gasteiger partial charge in [-0.2, -0.15) is 0 Å². The predicted octanol–water partition coefficient (Wildman–Crippen LogP) is 4.75. The van der Waals surface area contributed by atoms with Gasteiger partial charge < -0.3 is 20.5 Å². The van der Waals surface area contributed by atoms with Gasteiger partial charge in [0.15, 0.2) is 0 Å². The summed E-state index contributed by atoms with van der Waals surface area (Å²) in [6, 6.07) is 20.1. The van der Waals surface area contributed by atoms with E-state index in [1.54, 1.807) is 63.2 Å². The van der Waals surface area contributed by atoms with E-state index in [4.69, 9.17) is 25.6 Å². The lowest BCUT2D eigenvalue weighted by atomic mass is 10.0. The molecule has 0 saturated heterocycles. The standard InChI is InChI=1S/C29H33N5O5S2/c1-29(2,3)39-28(35)32-14-15-38-21-12-13-23-25(18-21)40-27(33-23)24(17-19-8-7-9-20(16-19)26(30)31)34-41(36,37)22-10-5-4-6-11-22/h4-13,16,18,24,34H,14-15,17H2,1-3H3,(H3,30,31)(H,32,35). The summed E-state index contributed by atoms with van der Waals surface area (Å²) in [5.74, 6) is 0.524. The number of benzene rings is 3. The summed E-state index contributed by atoms with van der Waals surface area (Å²) in [6.07, 6.45) is -0.214. The maximum atomic E-state index is 13.3. The average molecular weight is 596 g/mol. The fourth-order valence-corrected chi connectivity index (χ4v) is 6.28. The number of rotatable bonds is 11. The van der Waals surface area contributed by atoms with E-state index >= 15 is 0 Å². The normalized spacial score (nSPS) is 12.6. The zero-order valence-corrected chi connectivity index (χ0v) is 24.6. The Morgan fingerprint density at radius 2 is 1.83 bits per heavy atom. The number of fused-ring (bicyclic) bond motifs is 1. The fourth-order valence-electron chi connectivity index (χ4n) is 3.93. The summed E-state index contributed by atoms with van der Waals surface area (Å²) in [5.41, 5.74) is 7.15. The Morgan fingerprint density at radius 1 is 1.07 bits per heavy atom. The molecule has 41 heavy (non-hydrogen) atoms. The van der Waals surface area contributed by atoms with Crippen LogP contribution >= 0.6 is 11.3 Å². The van der Waals surface area contributed by atoms with Crippen molar-refractivity contribution >= 4 is 43.5 Å². The second kappa shape index (κ2) is 12.7. The van der Waals surface area contributed by atoms with Crippen molar-refractivity contribution in [2.75, 3.05) is 13.2 Å². The van der Waals surface area contributed by atoms with Crippen molar-refractivity contribution in [1.82, 2.24) is 15.0 Å². The largest absolute Gasteiger partial charge is 0.492 e. The third kappa shape index (κ3) is 8.49. The minimum Gasteiger partial charge on any atom is -0.492 e. The molecular weight excluding hydrogens is 562 g/mol. The Bertz CT molecular complexity index is 1630. The number of amidine groups is 1. The first-order valence-electron chi connectivity index (χ1n) is 12.9. The molecule has 1 amide bonds. The third-order valence-corrected chi connectivity index (χ3v) is 8.36. The fraction of sp³-hybridized carbons (Fsp3) is 0.276. The molecular formula is C29H33N5O5S2. The highest BCUT2D eigenvalue weighted by Crippen LogP contribution is 2.32. The predicted molar refractivity (Wildman–Crippen MR) is 160 cm³/mol. The molecule has 216 valence electrons. The third-order valence-electron chi connectivity index (χ3n) is 5.74. The Hall–Kier alpha value is -4.00. The van der Waals surface area contributed by atoms with Gasteiger partial charge >= 0.3 is 6.09 Å². The minimum atomic E-state index is -3.85. The van der Waals surface area contributed by atoms with E-state index in [9.17, 15) is 13.2 Å². The molecule has 0 saturated carbocycles. The minimum absolute atomic E-state index is 0.0675. The number of ether oxygens (including phenoxy) is 2. The number of nitrogens with zero attached hydrogens (tertiary/aromatic N) is 1. The molecule has 1 heterocycles. The molecule has 4 aromatic rings. The van der Waals surface area contributed by atoms with Crippen LogP contribution in [0.1, 0.15) is 42.9 Å². The Balaban J connectivity index is 1.54. The molecule has 0 spiro atoms. The SMILES string of the molecule is CC(C)(C)OC(=O)NCCOc1ccc2nc(C(Cc3cccc(C(=N)N)c3)NS(=O)(=O)c3ccccc3)sc2c1. The molecule has 5 N–H and O–H groups in total.